The Kier molecular flexibility index (Phi) is 5.71. The number of carbonyl (C=O) groups is 2. The molecule has 0 aromatic heterocycles. The van der Waals surface area contributed by atoms with Gasteiger partial charge in [-0.15, -0.1) is 0 Å². The van der Waals surface area contributed by atoms with Gasteiger partial charge in [0.25, 0.3) is 5.91 Å². The molecule has 1 aliphatic rings. The molecule has 7 heteroatoms. The van der Waals surface area contributed by atoms with E-state index in [1.165, 1.54) is 12.1 Å². The van der Waals surface area contributed by atoms with Crippen molar-refractivity contribution < 1.29 is 14.7 Å². The topological polar surface area (TPSA) is 106 Å². The van der Waals surface area contributed by atoms with Crippen LogP contribution in [0.1, 0.15) is 28.8 Å². The van der Waals surface area contributed by atoms with E-state index in [0.717, 1.165) is 19.2 Å². The number of likely N-dealkylation sites (tertiary alicyclic amines) is 1. The van der Waals surface area contributed by atoms with Crippen LogP contribution in [-0.4, -0.2) is 47.7 Å². The van der Waals surface area contributed by atoms with Gasteiger partial charge in [0.1, 0.15) is 5.75 Å². The maximum absolute atomic E-state index is 12.4. The maximum Gasteiger partial charge on any atom is 0.251 e. The number of amides is 2. The highest BCUT2D eigenvalue weighted by Crippen LogP contribution is 2.24. The molecule has 0 radical (unpaired) electrons. The van der Waals surface area contributed by atoms with Crippen LogP contribution in [-0.2, 0) is 4.79 Å². The van der Waals surface area contributed by atoms with Crippen molar-refractivity contribution in [2.75, 3.05) is 25.0 Å². The second kappa shape index (κ2) is 8.35. The van der Waals surface area contributed by atoms with Crippen molar-refractivity contribution in [1.82, 2.24) is 10.2 Å². The SMILES string of the molecule is N=Cc1cc(O)ccc1Nc1cccc(C(=O)NCCN2CCCC2=O)c1. The zero-order chi connectivity index (χ0) is 19.2. The van der Waals surface area contributed by atoms with Crippen molar-refractivity contribution >= 4 is 29.4 Å². The van der Waals surface area contributed by atoms with Gasteiger partial charge in [-0.05, 0) is 42.8 Å². The van der Waals surface area contributed by atoms with Crippen LogP contribution < -0.4 is 10.6 Å². The Morgan fingerprint density at radius 3 is 2.85 bits per heavy atom. The number of hydrogen-bond donors (Lipinski definition) is 4. The summed E-state index contributed by atoms with van der Waals surface area (Å²) < 4.78 is 0. The first-order valence-electron chi connectivity index (χ1n) is 8.83. The number of phenols is 1. The highest BCUT2D eigenvalue weighted by molar-refractivity contribution is 5.95. The fraction of sp³-hybridized carbons (Fsp3) is 0.250. The summed E-state index contributed by atoms with van der Waals surface area (Å²) in [5, 5.41) is 23.0. The largest absolute Gasteiger partial charge is 0.508 e. The lowest BCUT2D eigenvalue weighted by Gasteiger charge is -2.16. The minimum absolute atomic E-state index is 0.0867. The highest BCUT2D eigenvalue weighted by atomic mass is 16.3. The van der Waals surface area contributed by atoms with E-state index in [0.29, 0.717) is 42.0 Å². The summed E-state index contributed by atoms with van der Waals surface area (Å²) >= 11 is 0. The molecule has 7 nitrogen and oxygen atoms in total. The molecule has 3 rings (SSSR count). The van der Waals surface area contributed by atoms with Gasteiger partial charge >= 0.3 is 0 Å². The first kappa shape index (κ1) is 18.4. The smallest absolute Gasteiger partial charge is 0.251 e. The van der Waals surface area contributed by atoms with E-state index in [2.05, 4.69) is 10.6 Å². The minimum Gasteiger partial charge on any atom is -0.508 e. The number of carbonyl (C=O) groups excluding carboxylic acids is 2. The van der Waals surface area contributed by atoms with Gasteiger partial charge in [0.2, 0.25) is 5.91 Å². The fourth-order valence-electron chi connectivity index (χ4n) is 3.02. The monoisotopic (exact) mass is 366 g/mol. The number of phenolic OH excluding ortho intramolecular Hbond substituents is 1. The van der Waals surface area contributed by atoms with E-state index in [1.807, 2.05) is 6.07 Å². The second-order valence-corrected chi connectivity index (χ2v) is 6.36. The standard InChI is InChI=1S/C20H22N4O3/c21-13-15-12-17(25)6-7-18(15)23-16-4-1-3-14(11-16)20(27)22-8-10-24-9-2-5-19(24)26/h1,3-4,6-7,11-13,21,23,25H,2,5,8-10H2,(H,22,27). The highest BCUT2D eigenvalue weighted by Gasteiger charge is 2.19. The molecule has 0 bridgehead atoms. The summed E-state index contributed by atoms with van der Waals surface area (Å²) in [5.41, 5.74) is 2.40. The Morgan fingerprint density at radius 2 is 2.11 bits per heavy atom. The van der Waals surface area contributed by atoms with Crippen molar-refractivity contribution in [2.45, 2.75) is 12.8 Å². The molecule has 0 unspecified atom stereocenters. The van der Waals surface area contributed by atoms with Crippen molar-refractivity contribution in [3.05, 3.63) is 53.6 Å². The first-order valence-corrected chi connectivity index (χ1v) is 8.83. The number of nitrogens with zero attached hydrogens (tertiary/aromatic N) is 1. The van der Waals surface area contributed by atoms with Crippen LogP contribution >= 0.6 is 0 Å². The van der Waals surface area contributed by atoms with Crippen LogP contribution in [0, 0.1) is 5.41 Å². The van der Waals surface area contributed by atoms with Crippen LogP contribution in [0.3, 0.4) is 0 Å². The molecule has 2 aromatic rings. The molecule has 1 aliphatic heterocycles. The zero-order valence-electron chi connectivity index (χ0n) is 14.9. The van der Waals surface area contributed by atoms with Gasteiger partial charge < -0.3 is 26.0 Å². The van der Waals surface area contributed by atoms with Crippen LogP contribution in [0.25, 0.3) is 0 Å². The van der Waals surface area contributed by atoms with E-state index in [-0.39, 0.29) is 17.6 Å². The molecule has 1 heterocycles. The molecular formula is C20H22N4O3. The van der Waals surface area contributed by atoms with Gasteiger partial charge in [0.05, 0.1) is 0 Å². The molecule has 140 valence electrons. The normalized spacial score (nSPS) is 13.5. The van der Waals surface area contributed by atoms with Gasteiger partial charge in [-0.3, -0.25) is 9.59 Å². The Balaban J connectivity index is 1.62. The molecule has 0 atom stereocenters. The summed E-state index contributed by atoms with van der Waals surface area (Å²) in [4.78, 5) is 25.7. The quantitative estimate of drug-likeness (QED) is 0.446. The van der Waals surface area contributed by atoms with Gasteiger partial charge in [0, 0.05) is 54.8 Å². The number of benzene rings is 2. The average Bonchev–Trinajstić information content (AvgIpc) is 3.08. The lowest BCUT2D eigenvalue weighted by molar-refractivity contribution is -0.127. The first-order chi connectivity index (χ1) is 13.1. The summed E-state index contributed by atoms with van der Waals surface area (Å²) in [6, 6.07) is 11.7. The van der Waals surface area contributed by atoms with Crippen molar-refractivity contribution in [3.63, 3.8) is 0 Å². The predicted molar refractivity (Wildman–Crippen MR) is 104 cm³/mol. The van der Waals surface area contributed by atoms with Crippen LogP contribution in [0.2, 0.25) is 0 Å². The lowest BCUT2D eigenvalue weighted by Crippen LogP contribution is -2.35. The van der Waals surface area contributed by atoms with Crippen molar-refractivity contribution in [2.24, 2.45) is 0 Å². The van der Waals surface area contributed by atoms with E-state index < -0.39 is 0 Å². The minimum atomic E-state index is -0.205. The molecular weight excluding hydrogens is 344 g/mol. The molecule has 4 N–H and O–H groups in total. The number of rotatable bonds is 7. The summed E-state index contributed by atoms with van der Waals surface area (Å²) in [7, 11) is 0. The number of nitrogens with one attached hydrogen (secondary N) is 3. The summed E-state index contributed by atoms with van der Waals surface area (Å²) in [6.45, 7) is 1.70. The van der Waals surface area contributed by atoms with Gasteiger partial charge in [-0.25, -0.2) is 0 Å². The Morgan fingerprint density at radius 1 is 1.26 bits per heavy atom. The van der Waals surface area contributed by atoms with Crippen molar-refractivity contribution in [3.8, 4) is 5.75 Å². The molecule has 0 saturated carbocycles. The molecule has 27 heavy (non-hydrogen) atoms. The average molecular weight is 366 g/mol. The number of hydrogen-bond acceptors (Lipinski definition) is 5. The summed E-state index contributed by atoms with van der Waals surface area (Å²) in [5.74, 6) is 0.0262. The van der Waals surface area contributed by atoms with E-state index >= 15 is 0 Å². The van der Waals surface area contributed by atoms with Crippen LogP contribution in [0.4, 0.5) is 11.4 Å². The second-order valence-electron chi connectivity index (χ2n) is 6.36. The molecule has 2 aromatic carbocycles. The number of anilines is 2. The van der Waals surface area contributed by atoms with E-state index in [9.17, 15) is 14.7 Å². The van der Waals surface area contributed by atoms with E-state index in [4.69, 9.17) is 5.41 Å². The number of aromatic hydroxyl groups is 1. The Labute approximate surface area is 157 Å². The maximum atomic E-state index is 12.4. The third kappa shape index (κ3) is 4.63. The Hall–Kier alpha value is -3.35. The van der Waals surface area contributed by atoms with Crippen LogP contribution in [0.5, 0.6) is 5.75 Å². The van der Waals surface area contributed by atoms with Crippen LogP contribution in [0.15, 0.2) is 42.5 Å². The Bertz CT molecular complexity index is 866. The summed E-state index contributed by atoms with van der Waals surface area (Å²) in [6.07, 6.45) is 2.63. The predicted octanol–water partition coefficient (Wildman–Crippen LogP) is 2.49. The van der Waals surface area contributed by atoms with Crippen molar-refractivity contribution in [1.29, 1.82) is 5.41 Å². The van der Waals surface area contributed by atoms with Gasteiger partial charge in [-0.1, -0.05) is 6.07 Å². The van der Waals surface area contributed by atoms with E-state index in [1.54, 1.807) is 29.2 Å². The fourth-order valence-corrected chi connectivity index (χ4v) is 3.02. The third-order valence-corrected chi connectivity index (χ3v) is 4.43. The molecule has 1 saturated heterocycles. The van der Waals surface area contributed by atoms with Gasteiger partial charge in [0.15, 0.2) is 0 Å². The molecule has 0 aliphatic carbocycles. The molecule has 0 spiro atoms. The molecule has 2 amide bonds. The zero-order valence-corrected chi connectivity index (χ0v) is 14.9. The molecule has 1 fully saturated rings. The van der Waals surface area contributed by atoms with Gasteiger partial charge in [-0.2, -0.15) is 0 Å². The lowest BCUT2D eigenvalue weighted by atomic mass is 10.1. The third-order valence-electron chi connectivity index (χ3n) is 4.43.